The van der Waals surface area contributed by atoms with E-state index in [0.717, 1.165) is 13.0 Å². The molecule has 0 spiro atoms. The maximum Gasteiger partial charge on any atom is -0.00172 e. The summed E-state index contributed by atoms with van der Waals surface area (Å²) in [5.41, 5.74) is 1.49. The second-order valence-electron chi connectivity index (χ2n) is 2.30. The fourth-order valence-corrected chi connectivity index (χ4v) is 0.607. The molecule has 1 heteroatoms. The van der Waals surface area contributed by atoms with Gasteiger partial charge >= 0.3 is 0 Å². The Morgan fingerprint density at radius 2 is 2.22 bits per heavy atom. The van der Waals surface area contributed by atoms with Gasteiger partial charge in [0.15, 0.2) is 0 Å². The van der Waals surface area contributed by atoms with Crippen LogP contribution >= 0.6 is 0 Å². The molecular weight excluding hydrogens is 110 g/mol. The Hall–Kier alpha value is -0.300. The highest BCUT2D eigenvalue weighted by Crippen LogP contribution is 1.98. The van der Waals surface area contributed by atoms with E-state index in [1.807, 2.05) is 7.05 Å². The number of hydrogen-bond donors (Lipinski definition) is 1. The van der Waals surface area contributed by atoms with Gasteiger partial charge in [0.1, 0.15) is 0 Å². The Kier molecular flexibility index (Phi) is 5.64. The number of hydrogen-bond acceptors (Lipinski definition) is 1. The highest BCUT2D eigenvalue weighted by molar-refractivity contribution is 4.96. The van der Waals surface area contributed by atoms with Gasteiger partial charge in [0.2, 0.25) is 0 Å². The first-order valence-corrected chi connectivity index (χ1v) is 3.61. The average Bonchev–Trinajstić information content (AvgIpc) is 1.89. The number of nitrogens with one attached hydrogen (secondary N) is 1. The lowest BCUT2D eigenvalue weighted by molar-refractivity contribution is 0.802. The van der Waals surface area contributed by atoms with E-state index < -0.39 is 0 Å². The first kappa shape index (κ1) is 8.70. The molecule has 0 aliphatic carbocycles. The number of rotatable bonds is 4. The Bertz CT molecular complexity index is 84.6. The van der Waals surface area contributed by atoms with Crippen LogP contribution in [0, 0.1) is 0 Å². The van der Waals surface area contributed by atoms with Crippen LogP contribution in [0.4, 0.5) is 0 Å². The molecule has 0 atom stereocenters. The van der Waals surface area contributed by atoms with Crippen LogP contribution in [0.2, 0.25) is 0 Å². The summed E-state index contributed by atoms with van der Waals surface area (Å²) >= 11 is 0. The molecule has 0 aromatic carbocycles. The Morgan fingerprint density at radius 1 is 1.56 bits per heavy atom. The molecule has 0 saturated heterocycles. The standard InChI is InChI=1S/C8H17N/c1-4-8(2)6-5-7-9-3/h6,9H,4-5,7H2,1-3H3/b8-6-. The molecule has 54 valence electrons. The molecule has 0 rings (SSSR count). The monoisotopic (exact) mass is 127 g/mol. The van der Waals surface area contributed by atoms with Crippen molar-refractivity contribution < 1.29 is 0 Å². The lowest BCUT2D eigenvalue weighted by Crippen LogP contribution is -2.05. The quantitative estimate of drug-likeness (QED) is 0.449. The van der Waals surface area contributed by atoms with Crippen molar-refractivity contribution in [3.05, 3.63) is 11.6 Å². The topological polar surface area (TPSA) is 12.0 Å². The largest absolute Gasteiger partial charge is 0.319 e. The van der Waals surface area contributed by atoms with Crippen molar-refractivity contribution >= 4 is 0 Å². The predicted octanol–water partition coefficient (Wildman–Crippen LogP) is 1.95. The molecule has 0 saturated carbocycles. The van der Waals surface area contributed by atoms with E-state index in [0.29, 0.717) is 0 Å². The lowest BCUT2D eigenvalue weighted by atomic mass is 10.2. The average molecular weight is 127 g/mol. The molecule has 0 bridgehead atoms. The van der Waals surface area contributed by atoms with Gasteiger partial charge in [0.25, 0.3) is 0 Å². The third-order valence-electron chi connectivity index (χ3n) is 1.44. The molecule has 0 heterocycles. The summed E-state index contributed by atoms with van der Waals surface area (Å²) in [7, 11) is 1.98. The second-order valence-corrected chi connectivity index (χ2v) is 2.30. The molecule has 0 aliphatic rings. The first-order valence-electron chi connectivity index (χ1n) is 3.61. The van der Waals surface area contributed by atoms with E-state index >= 15 is 0 Å². The van der Waals surface area contributed by atoms with Gasteiger partial charge in [-0.15, -0.1) is 0 Å². The summed E-state index contributed by atoms with van der Waals surface area (Å²) in [5, 5.41) is 3.10. The molecule has 0 aliphatic heterocycles. The van der Waals surface area contributed by atoms with Crippen LogP contribution in [0.15, 0.2) is 11.6 Å². The van der Waals surface area contributed by atoms with Crippen molar-refractivity contribution in [1.82, 2.24) is 5.32 Å². The summed E-state index contributed by atoms with van der Waals surface area (Å²) in [5.74, 6) is 0. The van der Waals surface area contributed by atoms with Crippen LogP contribution in [-0.2, 0) is 0 Å². The van der Waals surface area contributed by atoms with Gasteiger partial charge in [-0.3, -0.25) is 0 Å². The van der Waals surface area contributed by atoms with E-state index in [1.54, 1.807) is 0 Å². The minimum atomic E-state index is 1.09. The highest BCUT2D eigenvalue weighted by atomic mass is 14.8. The van der Waals surface area contributed by atoms with Crippen LogP contribution < -0.4 is 5.32 Å². The van der Waals surface area contributed by atoms with Gasteiger partial charge in [-0.1, -0.05) is 18.6 Å². The molecule has 0 unspecified atom stereocenters. The van der Waals surface area contributed by atoms with Crippen LogP contribution in [0.1, 0.15) is 26.7 Å². The summed E-state index contributed by atoms with van der Waals surface area (Å²) in [6.07, 6.45) is 4.64. The van der Waals surface area contributed by atoms with Crippen LogP contribution in [0.25, 0.3) is 0 Å². The maximum absolute atomic E-state index is 3.10. The van der Waals surface area contributed by atoms with Gasteiger partial charge in [-0.05, 0) is 33.4 Å². The molecule has 0 aromatic rings. The molecule has 0 radical (unpaired) electrons. The summed E-state index contributed by atoms with van der Waals surface area (Å²) in [4.78, 5) is 0. The SMILES string of the molecule is CC/C(C)=C\CCNC. The molecule has 9 heavy (non-hydrogen) atoms. The van der Waals surface area contributed by atoms with Crippen LogP contribution in [0.5, 0.6) is 0 Å². The van der Waals surface area contributed by atoms with Crippen molar-refractivity contribution in [2.45, 2.75) is 26.7 Å². The highest BCUT2D eigenvalue weighted by Gasteiger charge is 1.81. The molecule has 1 N–H and O–H groups in total. The molecule has 0 aromatic heterocycles. The minimum absolute atomic E-state index is 1.09. The first-order chi connectivity index (χ1) is 4.31. The van der Waals surface area contributed by atoms with E-state index in [4.69, 9.17) is 0 Å². The minimum Gasteiger partial charge on any atom is -0.319 e. The van der Waals surface area contributed by atoms with Gasteiger partial charge in [0, 0.05) is 0 Å². The smallest absolute Gasteiger partial charge is 0.00172 e. The zero-order valence-electron chi connectivity index (χ0n) is 6.70. The summed E-state index contributed by atoms with van der Waals surface area (Å²) in [6, 6.07) is 0. The summed E-state index contributed by atoms with van der Waals surface area (Å²) in [6.45, 7) is 5.46. The maximum atomic E-state index is 3.10. The fourth-order valence-electron chi connectivity index (χ4n) is 0.607. The molecule has 1 nitrogen and oxygen atoms in total. The van der Waals surface area contributed by atoms with E-state index in [1.165, 1.54) is 12.0 Å². The van der Waals surface area contributed by atoms with E-state index in [-0.39, 0.29) is 0 Å². The molecule has 0 amide bonds. The normalized spacial score (nSPS) is 12.1. The summed E-state index contributed by atoms with van der Waals surface area (Å²) < 4.78 is 0. The fraction of sp³-hybridized carbons (Fsp3) is 0.750. The Labute approximate surface area is 58.2 Å². The van der Waals surface area contributed by atoms with Gasteiger partial charge < -0.3 is 5.32 Å². The molecule has 0 fully saturated rings. The molecular formula is C8H17N. The zero-order chi connectivity index (χ0) is 7.11. The second kappa shape index (κ2) is 5.83. The van der Waals surface area contributed by atoms with Crippen molar-refractivity contribution in [3.63, 3.8) is 0 Å². The number of allylic oxidation sites excluding steroid dienone is 1. The Balaban J connectivity index is 3.21. The van der Waals surface area contributed by atoms with Crippen molar-refractivity contribution in [1.29, 1.82) is 0 Å². The van der Waals surface area contributed by atoms with Gasteiger partial charge in [0.05, 0.1) is 0 Å². The van der Waals surface area contributed by atoms with Crippen molar-refractivity contribution in [2.24, 2.45) is 0 Å². The zero-order valence-corrected chi connectivity index (χ0v) is 6.70. The predicted molar refractivity (Wildman–Crippen MR) is 42.6 cm³/mol. The Morgan fingerprint density at radius 3 is 2.67 bits per heavy atom. The third-order valence-corrected chi connectivity index (χ3v) is 1.44. The van der Waals surface area contributed by atoms with Crippen molar-refractivity contribution in [2.75, 3.05) is 13.6 Å². The lowest BCUT2D eigenvalue weighted by Gasteiger charge is -1.94. The van der Waals surface area contributed by atoms with E-state index in [2.05, 4.69) is 25.2 Å². The van der Waals surface area contributed by atoms with Crippen LogP contribution in [0.3, 0.4) is 0 Å². The van der Waals surface area contributed by atoms with Gasteiger partial charge in [-0.2, -0.15) is 0 Å². The van der Waals surface area contributed by atoms with Crippen LogP contribution in [-0.4, -0.2) is 13.6 Å². The van der Waals surface area contributed by atoms with Crippen molar-refractivity contribution in [3.8, 4) is 0 Å². The third kappa shape index (κ3) is 5.57. The van der Waals surface area contributed by atoms with E-state index in [9.17, 15) is 0 Å². The van der Waals surface area contributed by atoms with Gasteiger partial charge in [-0.25, -0.2) is 0 Å².